The fraction of sp³-hybridized carbons (Fsp3) is 0.500. The van der Waals surface area contributed by atoms with Crippen LogP contribution in [0, 0.1) is 10.1 Å². The van der Waals surface area contributed by atoms with Gasteiger partial charge in [-0.1, -0.05) is 19.1 Å². The molecule has 1 saturated heterocycles. The molecule has 1 aliphatic rings. The maximum atomic E-state index is 10.7. The highest BCUT2D eigenvalue weighted by atomic mass is 16.6. The summed E-state index contributed by atoms with van der Waals surface area (Å²) in [5.74, 6) is 0. The van der Waals surface area contributed by atoms with Gasteiger partial charge < -0.3 is 5.73 Å². The number of non-ortho nitro benzene ring substituents is 1. The molecule has 0 saturated carbocycles. The summed E-state index contributed by atoms with van der Waals surface area (Å²) in [6.07, 6.45) is 0.938. The van der Waals surface area contributed by atoms with Gasteiger partial charge in [-0.25, -0.2) is 0 Å². The standard InChI is InChI=1S/C12H17N3O2/c1-2-12(14-7-10(13)8-14)9-4-3-5-11(6-9)15(16)17/h3-6,10,12H,2,7-8,13H2,1H3. The second-order valence-electron chi connectivity index (χ2n) is 4.49. The average molecular weight is 235 g/mol. The summed E-state index contributed by atoms with van der Waals surface area (Å²) in [6.45, 7) is 3.84. The molecule has 0 spiro atoms. The molecule has 1 atom stereocenters. The van der Waals surface area contributed by atoms with Crippen molar-refractivity contribution in [2.24, 2.45) is 5.73 Å². The minimum absolute atomic E-state index is 0.158. The molecular formula is C12H17N3O2. The molecule has 5 heteroatoms. The lowest BCUT2D eigenvalue weighted by atomic mass is 9.97. The Morgan fingerprint density at radius 3 is 2.82 bits per heavy atom. The molecule has 1 aromatic rings. The Morgan fingerprint density at radius 1 is 1.59 bits per heavy atom. The second kappa shape index (κ2) is 4.81. The van der Waals surface area contributed by atoms with Crippen LogP contribution in [-0.2, 0) is 0 Å². The number of benzene rings is 1. The maximum absolute atomic E-state index is 10.7. The van der Waals surface area contributed by atoms with Crippen LogP contribution >= 0.6 is 0 Å². The summed E-state index contributed by atoms with van der Waals surface area (Å²) in [5.41, 5.74) is 6.93. The molecule has 0 amide bonds. The molecule has 1 aromatic carbocycles. The molecule has 1 fully saturated rings. The van der Waals surface area contributed by atoms with E-state index in [1.54, 1.807) is 12.1 Å². The number of nitro benzene ring substituents is 1. The van der Waals surface area contributed by atoms with Gasteiger partial charge in [0.15, 0.2) is 0 Å². The zero-order chi connectivity index (χ0) is 12.4. The first-order valence-electron chi connectivity index (χ1n) is 5.85. The van der Waals surface area contributed by atoms with Crippen LogP contribution in [0.15, 0.2) is 24.3 Å². The van der Waals surface area contributed by atoms with Gasteiger partial charge in [-0.2, -0.15) is 0 Å². The van der Waals surface area contributed by atoms with Crippen molar-refractivity contribution in [1.82, 2.24) is 4.90 Å². The number of likely N-dealkylation sites (tertiary alicyclic amines) is 1. The largest absolute Gasteiger partial charge is 0.325 e. The number of nitrogens with two attached hydrogens (primary N) is 1. The molecule has 2 rings (SSSR count). The minimum Gasteiger partial charge on any atom is -0.325 e. The van der Waals surface area contributed by atoms with Crippen LogP contribution in [0.5, 0.6) is 0 Å². The summed E-state index contributed by atoms with van der Waals surface area (Å²) in [4.78, 5) is 12.7. The molecule has 2 N–H and O–H groups in total. The summed E-state index contributed by atoms with van der Waals surface area (Å²) in [7, 11) is 0. The quantitative estimate of drug-likeness (QED) is 0.636. The monoisotopic (exact) mass is 235 g/mol. The SMILES string of the molecule is CCC(c1cccc([N+](=O)[O-])c1)N1CC(N)C1. The highest BCUT2D eigenvalue weighted by Crippen LogP contribution is 2.29. The van der Waals surface area contributed by atoms with Crippen molar-refractivity contribution in [2.45, 2.75) is 25.4 Å². The number of hydrogen-bond acceptors (Lipinski definition) is 4. The summed E-state index contributed by atoms with van der Waals surface area (Å²) < 4.78 is 0. The van der Waals surface area contributed by atoms with Gasteiger partial charge in [0.1, 0.15) is 0 Å². The lowest BCUT2D eigenvalue weighted by molar-refractivity contribution is -0.385. The van der Waals surface area contributed by atoms with E-state index < -0.39 is 0 Å². The van der Waals surface area contributed by atoms with Crippen LogP contribution < -0.4 is 5.73 Å². The van der Waals surface area contributed by atoms with Crippen molar-refractivity contribution in [1.29, 1.82) is 0 Å². The van der Waals surface area contributed by atoms with E-state index in [2.05, 4.69) is 11.8 Å². The highest BCUT2D eigenvalue weighted by molar-refractivity contribution is 5.36. The molecule has 1 heterocycles. The molecule has 1 aliphatic heterocycles. The minimum atomic E-state index is -0.349. The van der Waals surface area contributed by atoms with Crippen LogP contribution in [0.1, 0.15) is 24.9 Å². The Morgan fingerprint density at radius 2 is 2.29 bits per heavy atom. The highest BCUT2D eigenvalue weighted by Gasteiger charge is 2.30. The van der Waals surface area contributed by atoms with E-state index >= 15 is 0 Å². The van der Waals surface area contributed by atoms with Gasteiger partial charge in [-0.3, -0.25) is 15.0 Å². The smallest absolute Gasteiger partial charge is 0.269 e. The number of nitrogens with zero attached hydrogens (tertiary/aromatic N) is 2. The molecule has 0 bridgehead atoms. The fourth-order valence-electron chi connectivity index (χ4n) is 2.35. The third-order valence-corrected chi connectivity index (χ3v) is 3.23. The van der Waals surface area contributed by atoms with Gasteiger partial charge >= 0.3 is 0 Å². The molecule has 17 heavy (non-hydrogen) atoms. The molecule has 0 aromatic heterocycles. The topological polar surface area (TPSA) is 72.4 Å². The molecule has 1 unspecified atom stereocenters. The molecular weight excluding hydrogens is 218 g/mol. The normalized spacial score (nSPS) is 18.7. The van der Waals surface area contributed by atoms with Crippen molar-refractivity contribution in [3.05, 3.63) is 39.9 Å². The molecule has 0 aliphatic carbocycles. The summed E-state index contributed by atoms with van der Waals surface area (Å²) >= 11 is 0. The van der Waals surface area contributed by atoms with Gasteiger partial charge in [-0.05, 0) is 12.0 Å². The average Bonchev–Trinajstić information content (AvgIpc) is 2.28. The van der Waals surface area contributed by atoms with E-state index in [0.29, 0.717) is 0 Å². The molecule has 92 valence electrons. The zero-order valence-corrected chi connectivity index (χ0v) is 9.87. The Bertz CT molecular complexity index is 416. The third kappa shape index (κ3) is 2.45. The predicted molar refractivity (Wildman–Crippen MR) is 65.7 cm³/mol. The zero-order valence-electron chi connectivity index (χ0n) is 9.87. The predicted octanol–water partition coefficient (Wildman–Crippen LogP) is 1.69. The Balaban J connectivity index is 2.19. The Hall–Kier alpha value is -1.46. The van der Waals surface area contributed by atoms with Crippen molar-refractivity contribution in [2.75, 3.05) is 13.1 Å². The summed E-state index contributed by atoms with van der Waals surface area (Å²) in [6, 6.07) is 7.38. The van der Waals surface area contributed by atoms with Crippen molar-refractivity contribution >= 4 is 5.69 Å². The van der Waals surface area contributed by atoms with Crippen LogP contribution in [0.4, 0.5) is 5.69 Å². The lowest BCUT2D eigenvalue weighted by Gasteiger charge is -2.42. The van der Waals surface area contributed by atoms with E-state index in [1.807, 2.05) is 6.07 Å². The third-order valence-electron chi connectivity index (χ3n) is 3.23. The van der Waals surface area contributed by atoms with E-state index in [1.165, 1.54) is 6.07 Å². The van der Waals surface area contributed by atoms with Crippen LogP contribution in [-0.4, -0.2) is 29.0 Å². The van der Waals surface area contributed by atoms with E-state index in [9.17, 15) is 10.1 Å². The first-order chi connectivity index (χ1) is 8.11. The molecule has 0 radical (unpaired) electrons. The van der Waals surface area contributed by atoms with Gasteiger partial charge in [0.2, 0.25) is 0 Å². The maximum Gasteiger partial charge on any atom is 0.269 e. The van der Waals surface area contributed by atoms with Gasteiger partial charge in [0, 0.05) is 37.3 Å². The number of hydrogen-bond donors (Lipinski definition) is 1. The van der Waals surface area contributed by atoms with Crippen LogP contribution in [0.2, 0.25) is 0 Å². The van der Waals surface area contributed by atoms with E-state index in [4.69, 9.17) is 5.73 Å². The van der Waals surface area contributed by atoms with Crippen LogP contribution in [0.25, 0.3) is 0 Å². The number of nitro groups is 1. The first-order valence-corrected chi connectivity index (χ1v) is 5.85. The van der Waals surface area contributed by atoms with E-state index in [-0.39, 0.29) is 22.7 Å². The lowest BCUT2D eigenvalue weighted by Crippen LogP contribution is -2.56. The Labute approximate surface area is 100 Å². The van der Waals surface area contributed by atoms with Crippen molar-refractivity contribution in [3.63, 3.8) is 0 Å². The fourth-order valence-corrected chi connectivity index (χ4v) is 2.35. The molecule has 5 nitrogen and oxygen atoms in total. The van der Waals surface area contributed by atoms with Crippen molar-refractivity contribution < 1.29 is 4.92 Å². The Kier molecular flexibility index (Phi) is 3.40. The van der Waals surface area contributed by atoms with Crippen LogP contribution in [0.3, 0.4) is 0 Å². The van der Waals surface area contributed by atoms with Gasteiger partial charge in [0.25, 0.3) is 5.69 Å². The van der Waals surface area contributed by atoms with Crippen molar-refractivity contribution in [3.8, 4) is 0 Å². The van der Waals surface area contributed by atoms with E-state index in [0.717, 1.165) is 25.1 Å². The first kappa shape index (κ1) is 12.0. The van der Waals surface area contributed by atoms with Gasteiger partial charge in [0.05, 0.1) is 4.92 Å². The van der Waals surface area contributed by atoms with Gasteiger partial charge in [-0.15, -0.1) is 0 Å². The summed E-state index contributed by atoms with van der Waals surface area (Å²) in [5, 5.41) is 10.7. The number of rotatable bonds is 4. The second-order valence-corrected chi connectivity index (χ2v) is 4.49.